The summed E-state index contributed by atoms with van der Waals surface area (Å²) in [6.07, 6.45) is 1.50. The molecular weight excluding hydrogens is 443 g/mol. The summed E-state index contributed by atoms with van der Waals surface area (Å²) in [4.78, 5) is 34.1. The van der Waals surface area contributed by atoms with Crippen molar-refractivity contribution in [3.8, 4) is 11.5 Å². The van der Waals surface area contributed by atoms with Crippen LogP contribution in [-0.2, 0) is 11.2 Å². The molecule has 2 heterocycles. The van der Waals surface area contributed by atoms with Crippen molar-refractivity contribution in [2.45, 2.75) is 23.3 Å². The normalized spacial score (nSPS) is 10.8. The van der Waals surface area contributed by atoms with Gasteiger partial charge in [-0.15, -0.1) is 0 Å². The molecule has 33 heavy (non-hydrogen) atoms. The van der Waals surface area contributed by atoms with Crippen molar-refractivity contribution in [3.63, 3.8) is 0 Å². The number of hydrogen-bond acceptors (Lipinski definition) is 7. The molecule has 0 N–H and O–H groups in total. The minimum Gasteiger partial charge on any atom is -0.493 e. The molecule has 2 aromatic carbocycles. The lowest BCUT2D eigenvalue weighted by Gasteiger charge is -2.11. The summed E-state index contributed by atoms with van der Waals surface area (Å²) in [5.74, 6) is -0.876. The highest BCUT2D eigenvalue weighted by Gasteiger charge is 2.21. The number of aromatic nitrogens is 2. The molecule has 0 amide bonds. The molecule has 2 aromatic heterocycles. The lowest BCUT2D eigenvalue weighted by atomic mass is 10.0. The molecule has 4 aromatic rings. The summed E-state index contributed by atoms with van der Waals surface area (Å²) < 4.78 is 23.5. The summed E-state index contributed by atoms with van der Waals surface area (Å²) in [5.41, 5.74) is 1.58. The number of fused-ring (bicyclic) bond motifs is 1. The first-order valence-electron chi connectivity index (χ1n) is 10.0. The Bertz CT molecular complexity index is 1340. The maximum Gasteiger partial charge on any atom is 0.308 e. The second-order valence-electron chi connectivity index (χ2n) is 7.12. The molecule has 166 valence electrons. The maximum atomic E-state index is 13.1. The van der Waals surface area contributed by atoms with Crippen LogP contribution in [0.1, 0.15) is 23.0 Å². The number of ketones is 1. The molecule has 0 radical (unpaired) electrons. The quantitative estimate of drug-likeness (QED) is 0.273. The first kappa shape index (κ1) is 22.4. The van der Waals surface area contributed by atoms with E-state index in [-0.39, 0.29) is 35.2 Å². The Kier molecular flexibility index (Phi) is 6.65. The van der Waals surface area contributed by atoms with Crippen LogP contribution in [-0.4, -0.2) is 28.8 Å². The van der Waals surface area contributed by atoms with E-state index in [0.29, 0.717) is 0 Å². The minimum absolute atomic E-state index is 0.0161. The highest BCUT2D eigenvalue weighted by Crippen LogP contribution is 2.31. The highest BCUT2D eigenvalue weighted by atomic mass is 32.2. The van der Waals surface area contributed by atoms with Gasteiger partial charge in [-0.3, -0.25) is 9.59 Å². The number of pyridine rings is 2. The Morgan fingerprint density at radius 3 is 2.55 bits per heavy atom. The summed E-state index contributed by atoms with van der Waals surface area (Å²) >= 11 is 1.44. The fraction of sp³-hybridized carbons (Fsp3) is 0.120. The monoisotopic (exact) mass is 462 g/mol. The van der Waals surface area contributed by atoms with Crippen LogP contribution in [0.15, 0.2) is 76.8 Å². The van der Waals surface area contributed by atoms with Crippen LogP contribution < -0.4 is 9.47 Å². The number of halogens is 1. The van der Waals surface area contributed by atoms with Crippen molar-refractivity contribution in [1.29, 1.82) is 0 Å². The number of carbonyl (C=O) groups is 2. The van der Waals surface area contributed by atoms with Gasteiger partial charge in [-0.25, -0.2) is 14.4 Å². The molecule has 0 unspecified atom stereocenters. The summed E-state index contributed by atoms with van der Waals surface area (Å²) in [7, 11) is 1.43. The third-order valence-corrected chi connectivity index (χ3v) is 5.67. The van der Waals surface area contributed by atoms with E-state index in [0.717, 1.165) is 26.4 Å². The SMILES string of the molecule is COc1ccnc(C(=O)Cc2ccc3nc(Sc4ccc(F)cc4)ccc3c2)c1OC(C)=O. The number of benzene rings is 2. The Morgan fingerprint density at radius 2 is 1.82 bits per heavy atom. The van der Waals surface area contributed by atoms with Crippen LogP contribution in [0.2, 0.25) is 0 Å². The van der Waals surface area contributed by atoms with E-state index in [4.69, 9.17) is 9.47 Å². The van der Waals surface area contributed by atoms with Gasteiger partial charge in [-0.2, -0.15) is 0 Å². The Balaban J connectivity index is 1.55. The first-order valence-corrected chi connectivity index (χ1v) is 10.8. The average Bonchev–Trinajstić information content (AvgIpc) is 2.80. The molecule has 0 atom stereocenters. The lowest BCUT2D eigenvalue weighted by Crippen LogP contribution is -2.12. The highest BCUT2D eigenvalue weighted by molar-refractivity contribution is 7.99. The second kappa shape index (κ2) is 9.79. The smallest absolute Gasteiger partial charge is 0.308 e. The molecule has 0 saturated carbocycles. The van der Waals surface area contributed by atoms with Crippen LogP contribution in [0.5, 0.6) is 11.5 Å². The van der Waals surface area contributed by atoms with Gasteiger partial charge in [0.1, 0.15) is 10.8 Å². The number of esters is 1. The molecule has 4 rings (SSSR count). The number of Topliss-reactive ketones (excluding diaryl/α,β-unsaturated/α-hetero) is 1. The van der Waals surface area contributed by atoms with Crippen molar-refractivity contribution >= 4 is 34.4 Å². The molecule has 0 aliphatic rings. The van der Waals surface area contributed by atoms with Gasteiger partial charge >= 0.3 is 5.97 Å². The fourth-order valence-corrected chi connectivity index (χ4v) is 4.04. The van der Waals surface area contributed by atoms with Crippen LogP contribution >= 0.6 is 11.8 Å². The zero-order valence-corrected chi connectivity index (χ0v) is 18.7. The summed E-state index contributed by atoms with van der Waals surface area (Å²) in [6.45, 7) is 1.25. The van der Waals surface area contributed by atoms with Gasteiger partial charge in [0.25, 0.3) is 0 Å². The topological polar surface area (TPSA) is 78.4 Å². The third kappa shape index (κ3) is 5.35. The second-order valence-corrected chi connectivity index (χ2v) is 8.21. The number of nitrogens with zero attached hydrogens (tertiary/aromatic N) is 2. The summed E-state index contributed by atoms with van der Waals surface area (Å²) in [6, 6.07) is 17.1. The molecule has 0 saturated heterocycles. The van der Waals surface area contributed by atoms with Crippen LogP contribution in [0.25, 0.3) is 10.9 Å². The molecule has 8 heteroatoms. The standard InChI is InChI=1S/C25H19FN2O4S/c1-15(29)32-25-22(31-2)11-12-27-24(25)21(30)14-16-3-9-20-17(13-16)4-10-23(28-20)33-19-7-5-18(26)6-8-19/h3-13H,14H2,1-2H3. The molecular formula is C25H19FN2O4S. The van der Waals surface area contributed by atoms with E-state index in [1.807, 2.05) is 30.3 Å². The average molecular weight is 463 g/mol. The van der Waals surface area contributed by atoms with Crippen molar-refractivity contribution in [2.24, 2.45) is 0 Å². The molecule has 6 nitrogen and oxygen atoms in total. The van der Waals surface area contributed by atoms with Gasteiger partial charge in [-0.1, -0.05) is 23.9 Å². The number of methoxy groups -OCH3 is 1. The van der Waals surface area contributed by atoms with Crippen molar-refractivity contribution in [2.75, 3.05) is 7.11 Å². The Morgan fingerprint density at radius 1 is 1.03 bits per heavy atom. The number of carbonyl (C=O) groups excluding carboxylic acids is 2. The van der Waals surface area contributed by atoms with Gasteiger partial charge in [0.2, 0.25) is 5.75 Å². The zero-order chi connectivity index (χ0) is 23.4. The maximum absolute atomic E-state index is 13.1. The first-order chi connectivity index (χ1) is 15.9. The van der Waals surface area contributed by atoms with Gasteiger partial charge in [0.15, 0.2) is 17.2 Å². The number of hydrogen-bond donors (Lipinski definition) is 0. The Labute approximate surface area is 193 Å². The van der Waals surface area contributed by atoms with Crippen LogP contribution in [0.3, 0.4) is 0 Å². The number of ether oxygens (including phenoxy) is 2. The zero-order valence-electron chi connectivity index (χ0n) is 17.9. The lowest BCUT2D eigenvalue weighted by molar-refractivity contribution is -0.132. The van der Waals surface area contributed by atoms with Gasteiger partial charge < -0.3 is 9.47 Å². The van der Waals surface area contributed by atoms with E-state index in [1.54, 1.807) is 12.1 Å². The Hall–Kier alpha value is -3.78. The van der Waals surface area contributed by atoms with Crippen molar-refractivity contribution < 1.29 is 23.5 Å². The minimum atomic E-state index is -0.568. The van der Waals surface area contributed by atoms with E-state index in [1.165, 1.54) is 50.2 Å². The number of rotatable bonds is 7. The van der Waals surface area contributed by atoms with E-state index in [9.17, 15) is 14.0 Å². The van der Waals surface area contributed by atoms with Crippen molar-refractivity contribution in [1.82, 2.24) is 9.97 Å². The van der Waals surface area contributed by atoms with Crippen LogP contribution in [0, 0.1) is 5.82 Å². The summed E-state index contributed by atoms with van der Waals surface area (Å²) in [5, 5.41) is 1.66. The van der Waals surface area contributed by atoms with E-state index in [2.05, 4.69) is 9.97 Å². The van der Waals surface area contributed by atoms with E-state index >= 15 is 0 Å². The molecule has 0 spiro atoms. The fourth-order valence-electron chi connectivity index (χ4n) is 3.25. The van der Waals surface area contributed by atoms with Crippen molar-refractivity contribution in [3.05, 3.63) is 83.9 Å². The molecule has 0 fully saturated rings. The van der Waals surface area contributed by atoms with Crippen LogP contribution in [0.4, 0.5) is 4.39 Å². The van der Waals surface area contributed by atoms with Gasteiger partial charge in [-0.05, 0) is 48.0 Å². The predicted molar refractivity (Wildman–Crippen MR) is 122 cm³/mol. The van der Waals surface area contributed by atoms with Gasteiger partial charge in [0, 0.05) is 35.9 Å². The molecule has 0 aliphatic heterocycles. The van der Waals surface area contributed by atoms with E-state index < -0.39 is 5.97 Å². The largest absolute Gasteiger partial charge is 0.493 e. The predicted octanol–water partition coefficient (Wildman–Crippen LogP) is 5.28. The third-order valence-electron chi connectivity index (χ3n) is 4.73. The molecule has 0 bridgehead atoms. The van der Waals surface area contributed by atoms with Gasteiger partial charge in [0.05, 0.1) is 12.6 Å². The molecule has 0 aliphatic carbocycles.